The van der Waals surface area contributed by atoms with Gasteiger partial charge in [0.25, 0.3) is 0 Å². The average Bonchev–Trinajstić information content (AvgIpc) is 3.10. The fourth-order valence-electron chi connectivity index (χ4n) is 1.70. The van der Waals surface area contributed by atoms with Gasteiger partial charge in [-0.1, -0.05) is 24.3 Å². The van der Waals surface area contributed by atoms with E-state index >= 15 is 0 Å². The molecule has 1 saturated carbocycles. The highest BCUT2D eigenvalue weighted by Crippen LogP contribution is 2.18. The van der Waals surface area contributed by atoms with Crippen LogP contribution in [0.4, 0.5) is 0 Å². The number of nitrogens with one attached hydrogen (secondary N) is 1. The largest absolute Gasteiger partial charge is 0.370 e. The second-order valence-electron chi connectivity index (χ2n) is 5.01. The number of sulfone groups is 1. The van der Waals surface area contributed by atoms with Crippen molar-refractivity contribution in [1.29, 1.82) is 0 Å². The lowest BCUT2D eigenvalue weighted by Gasteiger charge is -2.04. The van der Waals surface area contributed by atoms with Gasteiger partial charge in [-0.25, -0.2) is 13.4 Å². The fraction of sp³-hybridized carbons (Fsp3) is 0.462. The van der Waals surface area contributed by atoms with Crippen LogP contribution in [0.3, 0.4) is 0 Å². The van der Waals surface area contributed by atoms with Crippen LogP contribution in [0, 0.1) is 0 Å². The molecule has 1 aliphatic rings. The summed E-state index contributed by atoms with van der Waals surface area (Å²) < 4.78 is 22.3. The first-order chi connectivity index (χ1) is 8.92. The third-order valence-corrected chi connectivity index (χ3v) is 3.67. The van der Waals surface area contributed by atoms with E-state index in [9.17, 15) is 8.42 Å². The van der Waals surface area contributed by atoms with Gasteiger partial charge in [0, 0.05) is 12.3 Å². The summed E-state index contributed by atoms with van der Waals surface area (Å²) in [4.78, 5) is 4.24. The lowest BCUT2D eigenvalue weighted by Crippen LogP contribution is -2.33. The standard InChI is InChI=1S/C13H19N3O2S.HI/c1-19(17,18)9-11-4-2-10(3-5-11)8-15-13(14)16-12-6-7-12;/h2-5,12H,6-9H2,1H3,(H3,14,15,16);1H. The Morgan fingerprint density at radius 3 is 2.35 bits per heavy atom. The number of halogens is 1. The maximum absolute atomic E-state index is 11.2. The zero-order valence-electron chi connectivity index (χ0n) is 11.4. The van der Waals surface area contributed by atoms with Crippen LogP contribution in [0.25, 0.3) is 0 Å². The van der Waals surface area contributed by atoms with Crippen LogP contribution in [0.1, 0.15) is 24.0 Å². The first-order valence-electron chi connectivity index (χ1n) is 6.24. The number of guanidine groups is 1. The minimum atomic E-state index is -2.98. The van der Waals surface area contributed by atoms with Gasteiger partial charge in [-0.15, -0.1) is 24.0 Å². The Morgan fingerprint density at radius 1 is 1.30 bits per heavy atom. The highest BCUT2D eigenvalue weighted by atomic mass is 127. The molecule has 1 aromatic rings. The van der Waals surface area contributed by atoms with E-state index < -0.39 is 9.84 Å². The van der Waals surface area contributed by atoms with Crippen LogP contribution in [0.5, 0.6) is 0 Å². The Balaban J connectivity index is 0.00000200. The van der Waals surface area contributed by atoms with Crippen molar-refractivity contribution >= 4 is 39.8 Å². The molecule has 0 saturated heterocycles. The molecule has 0 atom stereocenters. The predicted molar refractivity (Wildman–Crippen MR) is 91.9 cm³/mol. The number of hydrogen-bond donors (Lipinski definition) is 2. The highest BCUT2D eigenvalue weighted by molar-refractivity contribution is 14.0. The number of benzene rings is 1. The first-order valence-corrected chi connectivity index (χ1v) is 8.30. The maximum atomic E-state index is 11.2. The molecule has 5 nitrogen and oxygen atoms in total. The summed E-state index contributed by atoms with van der Waals surface area (Å²) in [5.74, 6) is 0.546. The predicted octanol–water partition coefficient (Wildman–Crippen LogP) is 1.42. The summed E-state index contributed by atoms with van der Waals surface area (Å²) >= 11 is 0. The number of aliphatic imine (C=N–C) groups is 1. The SMILES string of the molecule is CS(=O)(=O)Cc1ccc(CN=C(N)NC2CC2)cc1.I. The molecular weight excluding hydrogens is 389 g/mol. The summed E-state index contributed by atoms with van der Waals surface area (Å²) in [5, 5.41) is 3.11. The van der Waals surface area contributed by atoms with E-state index in [-0.39, 0.29) is 29.7 Å². The van der Waals surface area contributed by atoms with Crippen LogP contribution in [-0.2, 0) is 22.1 Å². The van der Waals surface area contributed by atoms with E-state index in [1.807, 2.05) is 24.3 Å². The molecular formula is C13H20IN3O2S. The van der Waals surface area contributed by atoms with E-state index in [0.29, 0.717) is 18.5 Å². The normalized spacial score (nSPS) is 15.6. The first kappa shape index (κ1) is 17.2. The van der Waals surface area contributed by atoms with Gasteiger partial charge in [-0.05, 0) is 24.0 Å². The molecule has 0 radical (unpaired) electrons. The average molecular weight is 409 g/mol. The second-order valence-corrected chi connectivity index (χ2v) is 7.15. The number of nitrogens with two attached hydrogens (primary N) is 1. The van der Waals surface area contributed by atoms with Crippen molar-refractivity contribution < 1.29 is 8.42 Å². The van der Waals surface area contributed by atoms with Crippen LogP contribution in [-0.4, -0.2) is 26.7 Å². The van der Waals surface area contributed by atoms with Crippen molar-refractivity contribution in [3.8, 4) is 0 Å². The van der Waals surface area contributed by atoms with Gasteiger partial charge in [-0.2, -0.15) is 0 Å². The molecule has 2 rings (SSSR count). The summed E-state index contributed by atoms with van der Waals surface area (Å²) in [6.45, 7) is 0.505. The van der Waals surface area contributed by atoms with Gasteiger partial charge in [0.15, 0.2) is 15.8 Å². The van der Waals surface area contributed by atoms with Crippen LogP contribution >= 0.6 is 24.0 Å². The molecule has 3 N–H and O–H groups in total. The Kier molecular flexibility index (Phi) is 6.25. The molecule has 0 amide bonds. The Labute approximate surface area is 137 Å². The molecule has 7 heteroatoms. The van der Waals surface area contributed by atoms with Crippen LogP contribution in [0.2, 0.25) is 0 Å². The monoisotopic (exact) mass is 409 g/mol. The molecule has 1 fully saturated rings. The number of hydrogen-bond acceptors (Lipinski definition) is 3. The zero-order chi connectivity index (χ0) is 13.9. The van der Waals surface area contributed by atoms with Gasteiger partial charge < -0.3 is 11.1 Å². The molecule has 20 heavy (non-hydrogen) atoms. The van der Waals surface area contributed by atoms with E-state index in [4.69, 9.17) is 5.73 Å². The zero-order valence-corrected chi connectivity index (χ0v) is 14.5. The van der Waals surface area contributed by atoms with Crippen molar-refractivity contribution in [2.24, 2.45) is 10.7 Å². The maximum Gasteiger partial charge on any atom is 0.189 e. The number of nitrogens with zero attached hydrogens (tertiary/aromatic N) is 1. The third kappa shape index (κ3) is 6.56. The topological polar surface area (TPSA) is 84.5 Å². The van der Waals surface area contributed by atoms with Crippen molar-refractivity contribution in [1.82, 2.24) is 5.32 Å². The van der Waals surface area contributed by atoms with Gasteiger partial charge in [0.1, 0.15) is 0 Å². The lowest BCUT2D eigenvalue weighted by atomic mass is 10.1. The molecule has 0 bridgehead atoms. The van der Waals surface area contributed by atoms with Crippen molar-refractivity contribution in [2.45, 2.75) is 31.2 Å². The summed E-state index contributed by atoms with van der Waals surface area (Å²) in [5.41, 5.74) is 7.54. The molecule has 0 aliphatic heterocycles. The van der Waals surface area contributed by atoms with E-state index in [1.165, 1.54) is 6.26 Å². The second kappa shape index (κ2) is 7.26. The van der Waals surface area contributed by atoms with Gasteiger partial charge in [0.2, 0.25) is 0 Å². The summed E-state index contributed by atoms with van der Waals surface area (Å²) in [6, 6.07) is 7.90. The molecule has 1 aliphatic carbocycles. The third-order valence-electron chi connectivity index (χ3n) is 2.81. The van der Waals surface area contributed by atoms with E-state index in [1.54, 1.807) is 0 Å². The Bertz CT molecular complexity index is 566. The van der Waals surface area contributed by atoms with Crippen LogP contribution in [0.15, 0.2) is 29.3 Å². The minimum absolute atomic E-state index is 0. The summed E-state index contributed by atoms with van der Waals surface area (Å²) in [7, 11) is -2.98. The molecule has 0 spiro atoms. The number of rotatable bonds is 5. The molecule has 1 aromatic carbocycles. The van der Waals surface area contributed by atoms with E-state index in [2.05, 4.69) is 10.3 Å². The van der Waals surface area contributed by atoms with Crippen molar-refractivity contribution in [3.05, 3.63) is 35.4 Å². The smallest absolute Gasteiger partial charge is 0.189 e. The van der Waals surface area contributed by atoms with Crippen molar-refractivity contribution in [2.75, 3.05) is 6.26 Å². The Morgan fingerprint density at radius 2 is 1.85 bits per heavy atom. The Hall–Kier alpha value is -0.830. The van der Waals surface area contributed by atoms with Gasteiger partial charge in [-0.3, -0.25) is 0 Å². The summed E-state index contributed by atoms with van der Waals surface area (Å²) in [6.07, 6.45) is 3.56. The van der Waals surface area contributed by atoms with Gasteiger partial charge >= 0.3 is 0 Å². The molecule has 0 heterocycles. The van der Waals surface area contributed by atoms with Crippen LogP contribution < -0.4 is 11.1 Å². The van der Waals surface area contributed by atoms with Crippen molar-refractivity contribution in [3.63, 3.8) is 0 Å². The van der Waals surface area contributed by atoms with Gasteiger partial charge in [0.05, 0.1) is 12.3 Å². The molecule has 0 unspecified atom stereocenters. The quantitative estimate of drug-likeness (QED) is 0.438. The minimum Gasteiger partial charge on any atom is -0.370 e. The molecule has 112 valence electrons. The lowest BCUT2D eigenvalue weighted by molar-refractivity contribution is 0.601. The highest BCUT2D eigenvalue weighted by Gasteiger charge is 2.21. The van der Waals surface area contributed by atoms with E-state index in [0.717, 1.165) is 24.0 Å². The fourth-order valence-corrected chi connectivity index (χ4v) is 2.50. The molecule has 0 aromatic heterocycles.